The quantitative estimate of drug-likeness (QED) is 0.723. The van der Waals surface area contributed by atoms with Gasteiger partial charge in [0.2, 0.25) is 5.75 Å². The summed E-state index contributed by atoms with van der Waals surface area (Å²) in [5.41, 5.74) is 3.07. The van der Waals surface area contributed by atoms with Gasteiger partial charge in [0.25, 0.3) is 5.91 Å². The van der Waals surface area contributed by atoms with E-state index in [-0.39, 0.29) is 18.6 Å². The smallest absolute Gasteiger partial charge is 0.344 e. The van der Waals surface area contributed by atoms with Gasteiger partial charge in [0.05, 0.1) is 14.2 Å². The number of rotatable bonds is 7. The Morgan fingerprint density at radius 1 is 1.03 bits per heavy atom. The third kappa shape index (κ3) is 3.60. The molecule has 1 aliphatic heterocycles. The highest BCUT2D eigenvalue weighted by Crippen LogP contribution is 2.46. The first-order valence-electron chi connectivity index (χ1n) is 9.60. The van der Waals surface area contributed by atoms with Crippen LogP contribution in [0.25, 0.3) is 11.1 Å². The SMILES string of the molecule is COc1ccc(-c2cccc3c2CNC3=O)c(OCC(=O)OC2CCC2)c1OC. The minimum absolute atomic E-state index is 0.00717. The Bertz CT molecular complexity index is 951. The Morgan fingerprint density at radius 2 is 1.83 bits per heavy atom. The van der Waals surface area contributed by atoms with Gasteiger partial charge in [-0.05, 0) is 48.6 Å². The lowest BCUT2D eigenvalue weighted by molar-refractivity contribution is -0.155. The van der Waals surface area contributed by atoms with Crippen molar-refractivity contribution in [2.75, 3.05) is 20.8 Å². The number of carbonyl (C=O) groups excluding carboxylic acids is 2. The number of nitrogens with one attached hydrogen (secondary N) is 1. The van der Waals surface area contributed by atoms with Gasteiger partial charge in [-0.15, -0.1) is 0 Å². The Hall–Kier alpha value is -3.22. The van der Waals surface area contributed by atoms with Gasteiger partial charge in [-0.1, -0.05) is 12.1 Å². The van der Waals surface area contributed by atoms with E-state index in [9.17, 15) is 9.59 Å². The van der Waals surface area contributed by atoms with E-state index in [0.717, 1.165) is 30.4 Å². The number of esters is 1. The fourth-order valence-electron chi connectivity index (χ4n) is 3.60. The lowest BCUT2D eigenvalue weighted by atomic mass is 9.95. The van der Waals surface area contributed by atoms with Crippen LogP contribution in [0.15, 0.2) is 30.3 Å². The molecule has 152 valence electrons. The van der Waals surface area contributed by atoms with Crippen LogP contribution >= 0.6 is 0 Å². The number of benzene rings is 2. The highest BCUT2D eigenvalue weighted by Gasteiger charge is 2.27. The molecule has 1 saturated carbocycles. The van der Waals surface area contributed by atoms with E-state index in [4.69, 9.17) is 18.9 Å². The summed E-state index contributed by atoms with van der Waals surface area (Å²) in [6.07, 6.45) is 2.87. The maximum atomic E-state index is 12.2. The van der Waals surface area contributed by atoms with Gasteiger partial charge < -0.3 is 24.3 Å². The van der Waals surface area contributed by atoms with Crippen molar-refractivity contribution < 1.29 is 28.5 Å². The monoisotopic (exact) mass is 397 g/mol. The van der Waals surface area contributed by atoms with Crippen molar-refractivity contribution in [1.82, 2.24) is 5.32 Å². The molecule has 7 heteroatoms. The number of ether oxygens (including phenoxy) is 4. The summed E-state index contributed by atoms with van der Waals surface area (Å²) in [6.45, 7) is 0.196. The second-order valence-corrected chi connectivity index (χ2v) is 7.02. The number of hydrogen-bond acceptors (Lipinski definition) is 6. The van der Waals surface area contributed by atoms with E-state index in [0.29, 0.717) is 34.9 Å². The number of amides is 1. The molecule has 7 nitrogen and oxygen atoms in total. The van der Waals surface area contributed by atoms with Crippen LogP contribution in [-0.4, -0.2) is 38.8 Å². The van der Waals surface area contributed by atoms with Crippen LogP contribution in [0.3, 0.4) is 0 Å². The van der Waals surface area contributed by atoms with E-state index < -0.39 is 5.97 Å². The summed E-state index contributed by atoms with van der Waals surface area (Å²) in [5, 5.41) is 2.84. The van der Waals surface area contributed by atoms with Crippen LogP contribution in [0.1, 0.15) is 35.2 Å². The second kappa shape index (κ2) is 8.03. The first-order chi connectivity index (χ1) is 14.1. The largest absolute Gasteiger partial charge is 0.493 e. The Labute approximate surface area is 168 Å². The summed E-state index contributed by atoms with van der Waals surface area (Å²) >= 11 is 0. The lowest BCUT2D eigenvalue weighted by Gasteiger charge is -2.25. The zero-order chi connectivity index (χ0) is 20.4. The van der Waals surface area contributed by atoms with Gasteiger partial charge in [0, 0.05) is 17.7 Å². The third-order valence-electron chi connectivity index (χ3n) is 5.32. The molecule has 2 aromatic carbocycles. The predicted molar refractivity (Wildman–Crippen MR) is 105 cm³/mol. The molecule has 2 aliphatic rings. The van der Waals surface area contributed by atoms with Crippen LogP contribution in [0.5, 0.6) is 17.2 Å². The summed E-state index contributed by atoms with van der Waals surface area (Å²) in [5.74, 6) is 0.733. The molecule has 4 rings (SSSR count). The minimum atomic E-state index is -0.416. The molecule has 0 spiro atoms. The van der Waals surface area contributed by atoms with Gasteiger partial charge >= 0.3 is 5.97 Å². The maximum absolute atomic E-state index is 12.2. The molecule has 0 bridgehead atoms. The lowest BCUT2D eigenvalue weighted by Crippen LogP contribution is -2.28. The average Bonchev–Trinajstić information content (AvgIpc) is 3.09. The standard InChI is InChI=1S/C22H23NO6/c1-26-18-10-9-15(14-7-4-8-16-17(14)11-23-22(16)25)20(21(18)27-2)28-12-19(24)29-13-5-3-6-13/h4,7-10,13H,3,5-6,11-12H2,1-2H3,(H,23,25). The van der Waals surface area contributed by atoms with Crippen LogP contribution in [-0.2, 0) is 16.1 Å². The van der Waals surface area contributed by atoms with Gasteiger partial charge in [-0.25, -0.2) is 4.79 Å². The maximum Gasteiger partial charge on any atom is 0.344 e. The molecule has 1 fully saturated rings. The molecule has 29 heavy (non-hydrogen) atoms. The van der Waals surface area contributed by atoms with Crippen LogP contribution in [0, 0.1) is 0 Å². The van der Waals surface area contributed by atoms with Crippen molar-refractivity contribution in [3.63, 3.8) is 0 Å². The highest BCUT2D eigenvalue weighted by molar-refractivity contribution is 6.01. The van der Waals surface area contributed by atoms with E-state index in [1.54, 1.807) is 12.1 Å². The highest BCUT2D eigenvalue weighted by atomic mass is 16.6. The van der Waals surface area contributed by atoms with Crippen molar-refractivity contribution in [3.8, 4) is 28.4 Å². The van der Waals surface area contributed by atoms with E-state index in [1.165, 1.54) is 14.2 Å². The van der Waals surface area contributed by atoms with Crippen LogP contribution in [0.4, 0.5) is 0 Å². The molecule has 0 aromatic heterocycles. The van der Waals surface area contributed by atoms with E-state index >= 15 is 0 Å². The van der Waals surface area contributed by atoms with Gasteiger partial charge in [-0.3, -0.25) is 4.79 Å². The molecule has 0 unspecified atom stereocenters. The van der Waals surface area contributed by atoms with Gasteiger partial charge in [-0.2, -0.15) is 0 Å². The molecular weight excluding hydrogens is 374 g/mol. The average molecular weight is 397 g/mol. The van der Waals surface area contributed by atoms with Crippen molar-refractivity contribution in [1.29, 1.82) is 0 Å². The number of methoxy groups -OCH3 is 2. The molecule has 1 amide bonds. The topological polar surface area (TPSA) is 83.1 Å². The summed E-state index contributed by atoms with van der Waals surface area (Å²) in [6, 6.07) is 9.15. The Kier molecular flexibility index (Phi) is 5.29. The van der Waals surface area contributed by atoms with Crippen molar-refractivity contribution in [2.45, 2.75) is 31.9 Å². The Morgan fingerprint density at radius 3 is 2.52 bits per heavy atom. The number of fused-ring (bicyclic) bond motifs is 1. The number of hydrogen-bond donors (Lipinski definition) is 1. The summed E-state index contributed by atoms with van der Waals surface area (Å²) < 4.78 is 22.2. The molecular formula is C22H23NO6. The first-order valence-corrected chi connectivity index (χ1v) is 9.60. The molecule has 2 aromatic rings. The minimum Gasteiger partial charge on any atom is -0.493 e. The number of carbonyl (C=O) groups is 2. The second-order valence-electron chi connectivity index (χ2n) is 7.02. The molecule has 1 heterocycles. The fraction of sp³-hybridized carbons (Fsp3) is 0.364. The normalized spacial score (nSPS) is 15.2. The summed E-state index contributed by atoms with van der Waals surface area (Å²) in [7, 11) is 3.05. The van der Waals surface area contributed by atoms with Gasteiger partial charge in [0.15, 0.2) is 18.1 Å². The van der Waals surface area contributed by atoms with Crippen molar-refractivity contribution in [3.05, 3.63) is 41.5 Å². The molecule has 0 saturated heterocycles. The van der Waals surface area contributed by atoms with Crippen molar-refractivity contribution in [2.24, 2.45) is 0 Å². The van der Waals surface area contributed by atoms with Crippen LogP contribution in [0.2, 0.25) is 0 Å². The summed E-state index contributed by atoms with van der Waals surface area (Å²) in [4.78, 5) is 24.2. The first kappa shape index (κ1) is 19.1. The molecule has 1 N–H and O–H groups in total. The predicted octanol–water partition coefficient (Wildman–Crippen LogP) is 3.09. The van der Waals surface area contributed by atoms with E-state index in [1.807, 2.05) is 18.2 Å². The third-order valence-corrected chi connectivity index (χ3v) is 5.32. The zero-order valence-electron chi connectivity index (χ0n) is 16.4. The van der Waals surface area contributed by atoms with Gasteiger partial charge in [0.1, 0.15) is 6.10 Å². The fourth-order valence-corrected chi connectivity index (χ4v) is 3.60. The van der Waals surface area contributed by atoms with E-state index in [2.05, 4.69) is 5.32 Å². The molecule has 1 aliphatic carbocycles. The zero-order valence-corrected chi connectivity index (χ0v) is 16.4. The molecule has 0 atom stereocenters. The van der Waals surface area contributed by atoms with Crippen molar-refractivity contribution >= 4 is 11.9 Å². The molecule has 0 radical (unpaired) electrons. The Balaban J connectivity index is 1.70. The van der Waals surface area contributed by atoms with Crippen LogP contribution < -0.4 is 19.5 Å².